The summed E-state index contributed by atoms with van der Waals surface area (Å²) in [4.78, 5) is 4.17. The number of hydrogen-bond donors (Lipinski definition) is 0. The average molecular weight is 242 g/mol. The molecule has 0 N–H and O–H groups in total. The Kier molecular flexibility index (Phi) is 5.78. The summed E-state index contributed by atoms with van der Waals surface area (Å²) < 4.78 is 0. The maximum Gasteiger partial charge on any atom is 0.0360 e. The molecule has 0 aromatic heterocycles. The molecule has 0 unspecified atom stereocenters. The van der Waals surface area contributed by atoms with Crippen molar-refractivity contribution in [2.24, 2.45) is 0 Å². The molecule has 0 aliphatic heterocycles. The Morgan fingerprint density at radius 3 is 0.944 bits per heavy atom. The third-order valence-electron chi connectivity index (χ3n) is 2.55. The fourth-order valence-electron chi connectivity index (χ4n) is 1.45. The van der Waals surface area contributed by atoms with Crippen LogP contribution in [-0.2, 0) is 0 Å². The van der Waals surface area contributed by atoms with Crippen LogP contribution in [0.25, 0.3) is 0 Å². The van der Waals surface area contributed by atoms with Gasteiger partial charge in [-0.2, -0.15) is 0 Å². The summed E-state index contributed by atoms with van der Waals surface area (Å²) in [6, 6.07) is 20.5. The Bertz CT molecular complexity index is 378. The van der Waals surface area contributed by atoms with Crippen LogP contribution in [0, 0.1) is 0 Å². The second-order valence-electron chi connectivity index (χ2n) is 4.46. The van der Waals surface area contributed by atoms with Crippen molar-refractivity contribution in [1.82, 2.24) is 0 Å². The maximum absolute atomic E-state index is 2.08. The molecule has 0 heterocycles. The van der Waals surface area contributed by atoms with Crippen LogP contribution in [0.3, 0.4) is 0 Å². The number of hydrogen-bond acceptors (Lipinski definition) is 2. The maximum atomic E-state index is 2.08. The zero-order valence-electron chi connectivity index (χ0n) is 11.7. The van der Waals surface area contributed by atoms with E-state index in [0.29, 0.717) is 0 Å². The standard InChI is InChI=1S/2C8H11N/c2*1-9(2)8-6-4-3-5-7-8/h2*3-7H,1-2H3. The molecule has 0 fully saturated rings. The molecule has 2 rings (SSSR count). The first-order chi connectivity index (χ1) is 8.61. The summed E-state index contributed by atoms with van der Waals surface area (Å²) in [5, 5.41) is 0. The fourth-order valence-corrected chi connectivity index (χ4v) is 1.45. The highest BCUT2D eigenvalue weighted by Gasteiger charge is 1.88. The lowest BCUT2D eigenvalue weighted by Gasteiger charge is -2.10. The highest BCUT2D eigenvalue weighted by molar-refractivity contribution is 5.44. The summed E-state index contributed by atoms with van der Waals surface area (Å²) in [6.07, 6.45) is 0. The van der Waals surface area contributed by atoms with E-state index in [1.165, 1.54) is 11.4 Å². The normalized spacial score (nSPS) is 9.11. The van der Waals surface area contributed by atoms with Crippen LogP contribution in [0.2, 0.25) is 0 Å². The molecule has 0 saturated heterocycles. The van der Waals surface area contributed by atoms with Gasteiger partial charge in [0.05, 0.1) is 0 Å². The Balaban J connectivity index is 0.000000180. The van der Waals surface area contributed by atoms with Crippen molar-refractivity contribution in [2.45, 2.75) is 0 Å². The summed E-state index contributed by atoms with van der Waals surface area (Å²) in [7, 11) is 8.15. The van der Waals surface area contributed by atoms with Crippen LogP contribution < -0.4 is 9.80 Å². The van der Waals surface area contributed by atoms with Crippen LogP contribution in [-0.4, -0.2) is 28.2 Å². The van der Waals surface area contributed by atoms with Crippen molar-refractivity contribution in [3.63, 3.8) is 0 Å². The van der Waals surface area contributed by atoms with E-state index in [4.69, 9.17) is 0 Å². The van der Waals surface area contributed by atoms with Crippen molar-refractivity contribution in [1.29, 1.82) is 0 Å². The van der Waals surface area contributed by atoms with E-state index < -0.39 is 0 Å². The van der Waals surface area contributed by atoms with E-state index in [-0.39, 0.29) is 0 Å². The molecule has 0 aliphatic rings. The quantitative estimate of drug-likeness (QED) is 0.795. The van der Waals surface area contributed by atoms with E-state index in [1.54, 1.807) is 0 Å². The molecule has 2 aromatic rings. The third kappa shape index (κ3) is 4.91. The number of para-hydroxylation sites is 2. The van der Waals surface area contributed by atoms with Crippen molar-refractivity contribution < 1.29 is 0 Å². The fraction of sp³-hybridized carbons (Fsp3) is 0.250. The average Bonchev–Trinajstić information content (AvgIpc) is 2.41. The van der Waals surface area contributed by atoms with Gasteiger partial charge in [-0.05, 0) is 24.3 Å². The molecule has 0 radical (unpaired) electrons. The third-order valence-corrected chi connectivity index (χ3v) is 2.55. The zero-order valence-corrected chi connectivity index (χ0v) is 11.7. The molecule has 0 aliphatic carbocycles. The van der Waals surface area contributed by atoms with Gasteiger partial charge >= 0.3 is 0 Å². The summed E-state index contributed by atoms with van der Waals surface area (Å²) in [5.41, 5.74) is 2.50. The van der Waals surface area contributed by atoms with Gasteiger partial charge in [0.1, 0.15) is 0 Å². The molecule has 0 amide bonds. The lowest BCUT2D eigenvalue weighted by molar-refractivity contribution is 1.13. The van der Waals surface area contributed by atoms with Gasteiger partial charge in [0.15, 0.2) is 0 Å². The molecule has 2 nitrogen and oxygen atoms in total. The Morgan fingerprint density at radius 2 is 0.778 bits per heavy atom. The number of nitrogens with zero attached hydrogens (tertiary/aromatic N) is 2. The molecule has 2 heteroatoms. The summed E-state index contributed by atoms with van der Waals surface area (Å²) in [6.45, 7) is 0. The minimum atomic E-state index is 1.25. The first-order valence-corrected chi connectivity index (χ1v) is 6.06. The van der Waals surface area contributed by atoms with Crippen molar-refractivity contribution >= 4 is 11.4 Å². The predicted octanol–water partition coefficient (Wildman–Crippen LogP) is 3.51. The molecule has 0 atom stereocenters. The second-order valence-corrected chi connectivity index (χ2v) is 4.46. The van der Waals surface area contributed by atoms with E-state index in [2.05, 4.69) is 34.1 Å². The molecule has 0 spiro atoms. The van der Waals surface area contributed by atoms with E-state index in [0.717, 1.165) is 0 Å². The van der Waals surface area contributed by atoms with Gasteiger partial charge in [-0.3, -0.25) is 0 Å². The number of anilines is 2. The van der Waals surface area contributed by atoms with Gasteiger partial charge in [0.25, 0.3) is 0 Å². The van der Waals surface area contributed by atoms with Crippen LogP contribution in [0.1, 0.15) is 0 Å². The van der Waals surface area contributed by atoms with Crippen LogP contribution in [0.5, 0.6) is 0 Å². The molecule has 0 bridgehead atoms. The molecular weight excluding hydrogens is 220 g/mol. The minimum absolute atomic E-state index is 1.25. The molecule has 0 saturated carbocycles. The molecular formula is C16H22N2. The van der Waals surface area contributed by atoms with Gasteiger partial charge in [0, 0.05) is 39.6 Å². The zero-order chi connectivity index (χ0) is 13.4. The lowest BCUT2D eigenvalue weighted by Crippen LogP contribution is -2.07. The Labute approximate surface area is 110 Å². The van der Waals surface area contributed by atoms with Gasteiger partial charge in [0.2, 0.25) is 0 Å². The van der Waals surface area contributed by atoms with Gasteiger partial charge in [-0.1, -0.05) is 36.4 Å². The van der Waals surface area contributed by atoms with Crippen molar-refractivity contribution in [3.05, 3.63) is 60.7 Å². The first-order valence-electron chi connectivity index (χ1n) is 6.06. The topological polar surface area (TPSA) is 6.48 Å². The van der Waals surface area contributed by atoms with Gasteiger partial charge < -0.3 is 9.80 Å². The number of rotatable bonds is 2. The van der Waals surface area contributed by atoms with Gasteiger partial charge in [-0.25, -0.2) is 0 Å². The minimum Gasteiger partial charge on any atom is -0.378 e. The Morgan fingerprint density at radius 1 is 0.500 bits per heavy atom. The van der Waals surface area contributed by atoms with Gasteiger partial charge in [-0.15, -0.1) is 0 Å². The van der Waals surface area contributed by atoms with Crippen molar-refractivity contribution in [3.8, 4) is 0 Å². The van der Waals surface area contributed by atoms with E-state index >= 15 is 0 Å². The highest BCUT2D eigenvalue weighted by Crippen LogP contribution is 2.08. The van der Waals surface area contributed by atoms with Crippen molar-refractivity contribution in [2.75, 3.05) is 38.0 Å². The molecule has 2 aromatic carbocycles. The smallest absolute Gasteiger partial charge is 0.0360 e. The first kappa shape index (κ1) is 14.1. The molecule has 96 valence electrons. The predicted molar refractivity (Wildman–Crippen MR) is 81.5 cm³/mol. The monoisotopic (exact) mass is 242 g/mol. The molecule has 18 heavy (non-hydrogen) atoms. The van der Waals surface area contributed by atoms with E-state index in [1.807, 2.05) is 64.6 Å². The van der Waals surface area contributed by atoms with Crippen LogP contribution >= 0.6 is 0 Å². The van der Waals surface area contributed by atoms with E-state index in [9.17, 15) is 0 Å². The largest absolute Gasteiger partial charge is 0.378 e. The summed E-state index contributed by atoms with van der Waals surface area (Å²) in [5.74, 6) is 0. The van der Waals surface area contributed by atoms with Crippen LogP contribution in [0.4, 0.5) is 11.4 Å². The van der Waals surface area contributed by atoms with Crippen LogP contribution in [0.15, 0.2) is 60.7 Å². The number of benzene rings is 2. The highest BCUT2D eigenvalue weighted by atomic mass is 15.1. The Hall–Kier alpha value is -1.96. The lowest BCUT2D eigenvalue weighted by atomic mass is 10.3. The summed E-state index contributed by atoms with van der Waals surface area (Å²) >= 11 is 0. The SMILES string of the molecule is CN(C)c1ccccc1.CN(C)c1ccccc1. The second kappa shape index (κ2) is 7.38.